The standard InChI is InChI=1S/C14H22N2O3S/c1-5-8-14(3,4)16-13(17)12-9-11(20(15,18)19)7-6-10(12)2/h6-7,9H,5,8H2,1-4H3,(H,16,17)(H2,15,18,19). The van der Waals surface area contributed by atoms with Crippen molar-refractivity contribution in [3.8, 4) is 0 Å². The van der Waals surface area contributed by atoms with E-state index in [2.05, 4.69) is 5.32 Å². The van der Waals surface area contributed by atoms with Crippen LogP contribution < -0.4 is 10.5 Å². The Morgan fingerprint density at radius 1 is 1.35 bits per heavy atom. The largest absolute Gasteiger partial charge is 0.347 e. The Morgan fingerprint density at radius 2 is 1.95 bits per heavy atom. The number of nitrogens with two attached hydrogens (primary N) is 1. The van der Waals surface area contributed by atoms with E-state index in [0.29, 0.717) is 11.1 Å². The zero-order valence-corrected chi connectivity index (χ0v) is 13.2. The van der Waals surface area contributed by atoms with Crippen LogP contribution in [0.5, 0.6) is 0 Å². The quantitative estimate of drug-likeness (QED) is 0.870. The smallest absolute Gasteiger partial charge is 0.252 e. The number of amides is 1. The molecule has 6 heteroatoms. The molecule has 1 rings (SSSR count). The summed E-state index contributed by atoms with van der Waals surface area (Å²) in [6.45, 7) is 7.68. The summed E-state index contributed by atoms with van der Waals surface area (Å²) in [6, 6.07) is 4.31. The highest BCUT2D eigenvalue weighted by Crippen LogP contribution is 2.17. The summed E-state index contributed by atoms with van der Waals surface area (Å²) in [7, 11) is -3.81. The first-order chi connectivity index (χ1) is 9.07. The molecule has 0 aliphatic carbocycles. The first-order valence-corrected chi connectivity index (χ1v) is 8.07. The third kappa shape index (κ3) is 4.31. The summed E-state index contributed by atoms with van der Waals surface area (Å²) in [5, 5.41) is 8.01. The fraction of sp³-hybridized carbons (Fsp3) is 0.500. The highest BCUT2D eigenvalue weighted by Gasteiger charge is 2.22. The maximum absolute atomic E-state index is 12.3. The number of rotatable bonds is 5. The Balaban J connectivity index is 3.10. The van der Waals surface area contributed by atoms with Gasteiger partial charge in [-0.25, -0.2) is 13.6 Å². The number of carbonyl (C=O) groups excluding carboxylic acids is 1. The fourth-order valence-corrected chi connectivity index (χ4v) is 2.62. The lowest BCUT2D eigenvalue weighted by Crippen LogP contribution is -2.43. The van der Waals surface area contributed by atoms with Crippen LogP contribution in [0.15, 0.2) is 23.1 Å². The highest BCUT2D eigenvalue weighted by molar-refractivity contribution is 7.89. The molecule has 1 aromatic carbocycles. The monoisotopic (exact) mass is 298 g/mol. The Morgan fingerprint density at radius 3 is 2.45 bits per heavy atom. The Hall–Kier alpha value is -1.40. The van der Waals surface area contributed by atoms with Crippen molar-refractivity contribution < 1.29 is 13.2 Å². The second-order valence-electron chi connectivity index (χ2n) is 5.61. The number of hydrogen-bond donors (Lipinski definition) is 2. The minimum absolute atomic E-state index is 0.0541. The molecule has 20 heavy (non-hydrogen) atoms. The van der Waals surface area contributed by atoms with Crippen molar-refractivity contribution in [1.29, 1.82) is 0 Å². The van der Waals surface area contributed by atoms with E-state index in [1.54, 1.807) is 13.0 Å². The van der Waals surface area contributed by atoms with Gasteiger partial charge in [0, 0.05) is 11.1 Å². The number of sulfonamides is 1. The van der Waals surface area contributed by atoms with E-state index in [-0.39, 0.29) is 16.3 Å². The third-order valence-corrected chi connectivity index (χ3v) is 4.02. The maximum atomic E-state index is 12.3. The van der Waals surface area contributed by atoms with Crippen LogP contribution in [0.1, 0.15) is 49.5 Å². The summed E-state index contributed by atoms with van der Waals surface area (Å²) in [6.07, 6.45) is 1.79. The van der Waals surface area contributed by atoms with Crippen LogP contribution in [0.2, 0.25) is 0 Å². The fourth-order valence-electron chi connectivity index (χ4n) is 2.08. The molecule has 0 heterocycles. The van der Waals surface area contributed by atoms with Crippen molar-refractivity contribution in [2.75, 3.05) is 0 Å². The number of hydrogen-bond acceptors (Lipinski definition) is 3. The van der Waals surface area contributed by atoms with Gasteiger partial charge in [-0.15, -0.1) is 0 Å². The maximum Gasteiger partial charge on any atom is 0.252 e. The van der Waals surface area contributed by atoms with E-state index >= 15 is 0 Å². The van der Waals surface area contributed by atoms with E-state index in [4.69, 9.17) is 5.14 Å². The molecule has 0 aliphatic rings. The molecule has 0 saturated heterocycles. The zero-order valence-electron chi connectivity index (χ0n) is 12.4. The Kier molecular flexibility index (Phi) is 4.94. The lowest BCUT2D eigenvalue weighted by Gasteiger charge is -2.26. The molecule has 3 N–H and O–H groups in total. The molecule has 0 bridgehead atoms. The van der Waals surface area contributed by atoms with Gasteiger partial charge < -0.3 is 5.32 Å². The van der Waals surface area contributed by atoms with Gasteiger partial charge in [-0.1, -0.05) is 19.4 Å². The molecule has 0 atom stereocenters. The van der Waals surface area contributed by atoms with E-state index in [1.165, 1.54) is 12.1 Å². The van der Waals surface area contributed by atoms with Gasteiger partial charge >= 0.3 is 0 Å². The molecule has 0 fully saturated rings. The molecule has 0 spiro atoms. The first-order valence-electron chi connectivity index (χ1n) is 6.53. The topological polar surface area (TPSA) is 89.3 Å². The predicted molar refractivity (Wildman–Crippen MR) is 79.0 cm³/mol. The van der Waals surface area contributed by atoms with Gasteiger partial charge in [0.05, 0.1) is 4.90 Å². The van der Waals surface area contributed by atoms with Crippen LogP contribution in [0.4, 0.5) is 0 Å². The average molecular weight is 298 g/mol. The van der Waals surface area contributed by atoms with Gasteiger partial charge in [0.2, 0.25) is 10.0 Å². The van der Waals surface area contributed by atoms with Gasteiger partial charge in [-0.2, -0.15) is 0 Å². The molecular formula is C14H22N2O3S. The molecule has 5 nitrogen and oxygen atoms in total. The lowest BCUT2D eigenvalue weighted by atomic mass is 9.97. The van der Waals surface area contributed by atoms with Crippen molar-refractivity contribution in [2.45, 2.75) is 51.0 Å². The number of nitrogens with one attached hydrogen (secondary N) is 1. The second-order valence-corrected chi connectivity index (χ2v) is 7.17. The zero-order chi connectivity index (χ0) is 15.6. The normalized spacial score (nSPS) is 12.2. The van der Waals surface area contributed by atoms with E-state index in [9.17, 15) is 13.2 Å². The first kappa shape index (κ1) is 16.7. The molecule has 0 radical (unpaired) electrons. The van der Waals surface area contributed by atoms with Crippen molar-refractivity contribution in [3.63, 3.8) is 0 Å². The van der Waals surface area contributed by atoms with Crippen LogP contribution in [0.25, 0.3) is 0 Å². The Bertz CT molecular complexity index is 607. The van der Waals surface area contributed by atoms with Crippen LogP contribution in [-0.4, -0.2) is 19.9 Å². The number of benzene rings is 1. The van der Waals surface area contributed by atoms with Crippen LogP contribution in [0, 0.1) is 6.92 Å². The number of aryl methyl sites for hydroxylation is 1. The minimum atomic E-state index is -3.81. The van der Waals surface area contributed by atoms with Crippen molar-refractivity contribution >= 4 is 15.9 Å². The molecular weight excluding hydrogens is 276 g/mol. The lowest BCUT2D eigenvalue weighted by molar-refractivity contribution is 0.0908. The summed E-state index contributed by atoms with van der Waals surface area (Å²) in [5.41, 5.74) is 0.707. The molecule has 0 aromatic heterocycles. The average Bonchev–Trinajstić information content (AvgIpc) is 2.26. The SMILES string of the molecule is CCCC(C)(C)NC(=O)c1cc(S(N)(=O)=O)ccc1C. The third-order valence-electron chi connectivity index (χ3n) is 3.11. The number of primary sulfonamides is 1. The summed E-state index contributed by atoms with van der Waals surface area (Å²) in [4.78, 5) is 12.2. The molecule has 0 unspecified atom stereocenters. The summed E-state index contributed by atoms with van der Waals surface area (Å²) in [5.74, 6) is -0.286. The molecule has 1 aromatic rings. The predicted octanol–water partition coefficient (Wildman–Crippen LogP) is 1.95. The number of carbonyl (C=O) groups is 1. The minimum Gasteiger partial charge on any atom is -0.347 e. The highest BCUT2D eigenvalue weighted by atomic mass is 32.2. The van der Waals surface area contributed by atoms with E-state index < -0.39 is 10.0 Å². The van der Waals surface area contributed by atoms with Crippen molar-refractivity contribution in [1.82, 2.24) is 5.32 Å². The van der Waals surface area contributed by atoms with Crippen LogP contribution in [0.3, 0.4) is 0 Å². The molecule has 1 amide bonds. The second kappa shape index (κ2) is 5.93. The summed E-state index contributed by atoms with van der Waals surface area (Å²) < 4.78 is 22.7. The Labute approximate surface area is 120 Å². The van der Waals surface area contributed by atoms with Gasteiger partial charge in [0.25, 0.3) is 5.91 Å². The van der Waals surface area contributed by atoms with Crippen molar-refractivity contribution in [2.24, 2.45) is 5.14 Å². The van der Waals surface area contributed by atoms with E-state index in [0.717, 1.165) is 12.8 Å². The van der Waals surface area contributed by atoms with Crippen molar-refractivity contribution in [3.05, 3.63) is 29.3 Å². The molecule has 112 valence electrons. The van der Waals surface area contributed by atoms with E-state index in [1.807, 2.05) is 20.8 Å². The van der Waals surface area contributed by atoms with Gasteiger partial charge in [-0.3, -0.25) is 4.79 Å². The van der Waals surface area contributed by atoms with Crippen LogP contribution in [-0.2, 0) is 10.0 Å². The van der Waals surface area contributed by atoms with Crippen LogP contribution >= 0.6 is 0 Å². The van der Waals surface area contributed by atoms with Gasteiger partial charge in [0.1, 0.15) is 0 Å². The molecule has 0 saturated carbocycles. The summed E-state index contributed by atoms with van der Waals surface area (Å²) >= 11 is 0. The van der Waals surface area contributed by atoms with Gasteiger partial charge in [-0.05, 0) is 44.9 Å². The molecule has 0 aliphatic heterocycles. The van der Waals surface area contributed by atoms with Gasteiger partial charge in [0.15, 0.2) is 0 Å².